The number of aromatic nitrogens is 1. The molecular formula is C9H14N2O2. The minimum absolute atomic E-state index is 0.0570. The lowest BCUT2D eigenvalue weighted by molar-refractivity contribution is 0.279. The first-order valence-electron chi connectivity index (χ1n) is 4.29. The standard InChI is InChI=1S/C9H14N2O2/c10-7-8-3-1-4-11(9(8)13)5-2-6-12/h1,3-4,12H,2,5-7,10H2. The van der Waals surface area contributed by atoms with Gasteiger partial charge in [0.15, 0.2) is 0 Å². The number of aliphatic hydroxyl groups excluding tert-OH is 1. The van der Waals surface area contributed by atoms with E-state index in [-0.39, 0.29) is 18.7 Å². The average molecular weight is 182 g/mol. The van der Waals surface area contributed by atoms with Gasteiger partial charge in [0, 0.05) is 31.5 Å². The molecule has 0 amide bonds. The highest BCUT2D eigenvalue weighted by molar-refractivity contribution is 5.09. The maximum atomic E-state index is 11.5. The lowest BCUT2D eigenvalue weighted by Gasteiger charge is -2.05. The second kappa shape index (κ2) is 4.79. The number of pyridine rings is 1. The zero-order valence-corrected chi connectivity index (χ0v) is 7.44. The van der Waals surface area contributed by atoms with Gasteiger partial charge in [0.1, 0.15) is 0 Å². The molecule has 0 saturated carbocycles. The van der Waals surface area contributed by atoms with Gasteiger partial charge in [-0.2, -0.15) is 0 Å². The quantitative estimate of drug-likeness (QED) is 0.671. The number of aliphatic hydroxyl groups is 1. The van der Waals surface area contributed by atoms with Gasteiger partial charge in [0.2, 0.25) is 0 Å². The molecular weight excluding hydrogens is 168 g/mol. The molecule has 4 heteroatoms. The summed E-state index contributed by atoms with van der Waals surface area (Å²) in [4.78, 5) is 11.5. The molecule has 0 atom stereocenters. The van der Waals surface area contributed by atoms with Crippen molar-refractivity contribution < 1.29 is 5.11 Å². The van der Waals surface area contributed by atoms with Crippen molar-refractivity contribution in [1.82, 2.24) is 4.57 Å². The van der Waals surface area contributed by atoms with Crippen LogP contribution in [0.4, 0.5) is 0 Å². The Kier molecular flexibility index (Phi) is 3.67. The Labute approximate surface area is 76.6 Å². The number of nitrogens with zero attached hydrogens (tertiary/aromatic N) is 1. The summed E-state index contributed by atoms with van der Waals surface area (Å²) >= 11 is 0. The van der Waals surface area contributed by atoms with Crippen LogP contribution in [0.3, 0.4) is 0 Å². The van der Waals surface area contributed by atoms with Crippen molar-refractivity contribution in [1.29, 1.82) is 0 Å². The van der Waals surface area contributed by atoms with Crippen LogP contribution in [0.25, 0.3) is 0 Å². The molecule has 0 fully saturated rings. The fraction of sp³-hybridized carbons (Fsp3) is 0.444. The highest BCUT2D eigenvalue weighted by Crippen LogP contribution is 1.91. The molecule has 0 radical (unpaired) electrons. The topological polar surface area (TPSA) is 68.2 Å². The Morgan fingerprint density at radius 3 is 2.92 bits per heavy atom. The van der Waals surface area contributed by atoms with E-state index in [4.69, 9.17) is 10.8 Å². The Hall–Kier alpha value is -1.13. The zero-order chi connectivity index (χ0) is 9.68. The Bertz CT molecular complexity index is 320. The number of nitrogens with two attached hydrogens (primary N) is 1. The molecule has 4 nitrogen and oxygen atoms in total. The van der Waals surface area contributed by atoms with Crippen molar-refractivity contribution in [3.8, 4) is 0 Å². The van der Waals surface area contributed by atoms with Crippen LogP contribution in [0.5, 0.6) is 0 Å². The minimum Gasteiger partial charge on any atom is -0.396 e. The van der Waals surface area contributed by atoms with Crippen molar-refractivity contribution in [2.75, 3.05) is 6.61 Å². The fourth-order valence-electron chi connectivity index (χ4n) is 1.16. The number of hydrogen-bond acceptors (Lipinski definition) is 3. The Balaban J connectivity index is 2.88. The van der Waals surface area contributed by atoms with Crippen LogP contribution in [0.2, 0.25) is 0 Å². The van der Waals surface area contributed by atoms with Crippen LogP contribution >= 0.6 is 0 Å². The van der Waals surface area contributed by atoms with E-state index >= 15 is 0 Å². The molecule has 1 aromatic rings. The monoisotopic (exact) mass is 182 g/mol. The van der Waals surface area contributed by atoms with Gasteiger partial charge < -0.3 is 15.4 Å². The van der Waals surface area contributed by atoms with Crippen LogP contribution in [0.1, 0.15) is 12.0 Å². The Morgan fingerprint density at radius 1 is 1.54 bits per heavy atom. The van der Waals surface area contributed by atoms with E-state index in [9.17, 15) is 4.79 Å². The van der Waals surface area contributed by atoms with Crippen molar-refractivity contribution in [2.24, 2.45) is 5.73 Å². The summed E-state index contributed by atoms with van der Waals surface area (Å²) in [5.74, 6) is 0. The maximum Gasteiger partial charge on any atom is 0.255 e. The summed E-state index contributed by atoms with van der Waals surface area (Å²) in [6.07, 6.45) is 2.30. The first-order chi connectivity index (χ1) is 6.29. The van der Waals surface area contributed by atoms with Crippen LogP contribution in [-0.4, -0.2) is 16.3 Å². The summed E-state index contributed by atoms with van der Waals surface area (Å²) in [6, 6.07) is 3.51. The molecule has 0 bridgehead atoms. The minimum atomic E-state index is -0.0570. The lowest BCUT2D eigenvalue weighted by Crippen LogP contribution is -2.24. The SMILES string of the molecule is NCc1cccn(CCCO)c1=O. The second-order valence-corrected chi connectivity index (χ2v) is 2.81. The number of aryl methyl sites for hydroxylation is 1. The largest absolute Gasteiger partial charge is 0.396 e. The van der Waals surface area contributed by atoms with E-state index < -0.39 is 0 Å². The van der Waals surface area contributed by atoms with Crippen molar-refractivity contribution in [3.63, 3.8) is 0 Å². The van der Waals surface area contributed by atoms with E-state index in [1.54, 1.807) is 22.9 Å². The van der Waals surface area contributed by atoms with Gasteiger partial charge in [0.25, 0.3) is 5.56 Å². The molecule has 1 aromatic heterocycles. The fourth-order valence-corrected chi connectivity index (χ4v) is 1.16. The third-order valence-corrected chi connectivity index (χ3v) is 1.88. The van der Waals surface area contributed by atoms with Crippen LogP contribution in [0.15, 0.2) is 23.1 Å². The highest BCUT2D eigenvalue weighted by Gasteiger charge is 1.99. The third-order valence-electron chi connectivity index (χ3n) is 1.88. The number of rotatable bonds is 4. The van der Waals surface area contributed by atoms with Crippen LogP contribution < -0.4 is 11.3 Å². The zero-order valence-electron chi connectivity index (χ0n) is 7.44. The molecule has 3 N–H and O–H groups in total. The third kappa shape index (κ3) is 2.40. The predicted molar refractivity (Wildman–Crippen MR) is 50.3 cm³/mol. The summed E-state index contributed by atoms with van der Waals surface area (Å²) in [5.41, 5.74) is 5.94. The van der Waals surface area contributed by atoms with Crippen molar-refractivity contribution in [3.05, 3.63) is 34.2 Å². The van der Waals surface area contributed by atoms with Gasteiger partial charge in [0.05, 0.1) is 0 Å². The molecule has 0 aliphatic carbocycles. The van der Waals surface area contributed by atoms with Gasteiger partial charge in [-0.25, -0.2) is 0 Å². The summed E-state index contributed by atoms with van der Waals surface area (Å²) in [7, 11) is 0. The molecule has 0 aromatic carbocycles. The van der Waals surface area contributed by atoms with Crippen molar-refractivity contribution >= 4 is 0 Å². The molecule has 0 unspecified atom stereocenters. The van der Waals surface area contributed by atoms with E-state index in [1.807, 2.05) is 0 Å². The smallest absolute Gasteiger partial charge is 0.255 e. The molecule has 13 heavy (non-hydrogen) atoms. The second-order valence-electron chi connectivity index (χ2n) is 2.81. The van der Waals surface area contributed by atoms with E-state index in [0.29, 0.717) is 18.5 Å². The van der Waals surface area contributed by atoms with Gasteiger partial charge in [-0.3, -0.25) is 4.79 Å². The van der Waals surface area contributed by atoms with Crippen molar-refractivity contribution in [2.45, 2.75) is 19.5 Å². The van der Waals surface area contributed by atoms with Gasteiger partial charge in [-0.05, 0) is 12.5 Å². The molecule has 0 aliphatic rings. The molecule has 1 rings (SSSR count). The molecule has 0 aliphatic heterocycles. The van der Waals surface area contributed by atoms with E-state index in [0.717, 1.165) is 0 Å². The first kappa shape index (κ1) is 9.95. The predicted octanol–water partition coefficient (Wildman–Crippen LogP) is -0.311. The molecule has 1 heterocycles. The summed E-state index contributed by atoms with van der Waals surface area (Å²) in [5, 5.41) is 8.60. The number of hydrogen-bond donors (Lipinski definition) is 2. The molecule has 0 spiro atoms. The molecule has 72 valence electrons. The van der Waals surface area contributed by atoms with Crippen LogP contribution in [-0.2, 0) is 13.1 Å². The molecule has 0 saturated heterocycles. The maximum absolute atomic E-state index is 11.5. The van der Waals surface area contributed by atoms with Gasteiger partial charge in [-0.15, -0.1) is 0 Å². The van der Waals surface area contributed by atoms with Gasteiger partial charge >= 0.3 is 0 Å². The lowest BCUT2D eigenvalue weighted by atomic mass is 10.3. The average Bonchev–Trinajstić information content (AvgIpc) is 2.16. The Morgan fingerprint density at radius 2 is 2.31 bits per heavy atom. The van der Waals surface area contributed by atoms with Crippen LogP contribution in [0, 0.1) is 0 Å². The van der Waals surface area contributed by atoms with E-state index in [2.05, 4.69) is 0 Å². The normalized spacial score (nSPS) is 10.3. The van der Waals surface area contributed by atoms with E-state index in [1.165, 1.54) is 0 Å². The summed E-state index contributed by atoms with van der Waals surface area (Å²) < 4.78 is 1.57. The highest BCUT2D eigenvalue weighted by atomic mass is 16.3. The first-order valence-corrected chi connectivity index (χ1v) is 4.29. The van der Waals surface area contributed by atoms with Gasteiger partial charge in [-0.1, -0.05) is 6.07 Å². The summed E-state index contributed by atoms with van der Waals surface area (Å²) in [6.45, 7) is 0.904.